The molecule has 2 N–H and O–H groups in total. The highest BCUT2D eigenvalue weighted by molar-refractivity contribution is 9.10. The Morgan fingerprint density at radius 3 is 2.68 bits per heavy atom. The fourth-order valence-corrected chi connectivity index (χ4v) is 1.82. The number of aryl methyl sites for hydroxylation is 1. The number of carbonyl (C=O) groups excluding carboxylic acids is 1. The summed E-state index contributed by atoms with van der Waals surface area (Å²) in [5, 5.41) is 15.1. The highest BCUT2D eigenvalue weighted by atomic mass is 79.9. The van der Waals surface area contributed by atoms with Gasteiger partial charge in [0.25, 0.3) is 5.91 Å². The molecular formula is C12H9BrN2O4. The highest BCUT2D eigenvalue weighted by Crippen LogP contribution is 2.21. The van der Waals surface area contributed by atoms with Crippen molar-refractivity contribution in [1.29, 1.82) is 0 Å². The number of hydrogen-bond donors (Lipinski definition) is 2. The van der Waals surface area contributed by atoms with Crippen LogP contribution in [-0.2, 0) is 0 Å². The first kappa shape index (κ1) is 13.3. The van der Waals surface area contributed by atoms with Gasteiger partial charge >= 0.3 is 5.97 Å². The predicted molar refractivity (Wildman–Crippen MR) is 70.3 cm³/mol. The molecule has 0 saturated heterocycles. The molecule has 6 nitrogen and oxygen atoms in total. The van der Waals surface area contributed by atoms with Crippen molar-refractivity contribution in [3.05, 3.63) is 45.8 Å². The molecule has 0 aliphatic rings. The molecule has 1 amide bonds. The van der Waals surface area contributed by atoms with E-state index in [9.17, 15) is 9.59 Å². The van der Waals surface area contributed by atoms with Crippen molar-refractivity contribution < 1.29 is 19.2 Å². The van der Waals surface area contributed by atoms with E-state index in [4.69, 9.17) is 9.63 Å². The standard InChI is InChI=1S/C12H9BrN2O4/c1-6-4-10(19-15-6)11(16)14-9-3-2-7(13)5-8(9)12(17)18/h2-5H,1H3,(H,14,16)(H,17,18). The van der Waals surface area contributed by atoms with Crippen LogP contribution in [0.2, 0.25) is 0 Å². The highest BCUT2D eigenvalue weighted by Gasteiger charge is 2.16. The van der Waals surface area contributed by atoms with Crippen molar-refractivity contribution in [1.82, 2.24) is 5.16 Å². The second kappa shape index (κ2) is 5.23. The zero-order valence-electron chi connectivity index (χ0n) is 9.81. The minimum Gasteiger partial charge on any atom is -0.478 e. The molecule has 2 aromatic rings. The van der Waals surface area contributed by atoms with Crippen LogP contribution in [0.1, 0.15) is 26.6 Å². The molecule has 0 aliphatic heterocycles. The Kier molecular flexibility index (Phi) is 3.66. The summed E-state index contributed by atoms with van der Waals surface area (Å²) in [5.41, 5.74) is 0.744. The second-order valence-electron chi connectivity index (χ2n) is 3.78. The third-order valence-electron chi connectivity index (χ3n) is 2.31. The van der Waals surface area contributed by atoms with Gasteiger partial charge in [0, 0.05) is 10.5 Å². The molecule has 7 heteroatoms. The Balaban J connectivity index is 2.28. The van der Waals surface area contributed by atoms with Crippen molar-refractivity contribution in [2.75, 3.05) is 5.32 Å². The van der Waals surface area contributed by atoms with Crippen LogP contribution in [0.25, 0.3) is 0 Å². The number of amides is 1. The first-order valence-electron chi connectivity index (χ1n) is 5.25. The number of halogens is 1. The van der Waals surface area contributed by atoms with Gasteiger partial charge in [-0.25, -0.2) is 4.79 Å². The van der Waals surface area contributed by atoms with E-state index < -0.39 is 11.9 Å². The topological polar surface area (TPSA) is 92.4 Å². The van der Waals surface area contributed by atoms with Gasteiger partial charge in [0.2, 0.25) is 5.76 Å². The number of carboxylic acids is 1. The minimum absolute atomic E-state index is 0.0148. The van der Waals surface area contributed by atoms with E-state index in [2.05, 4.69) is 26.4 Å². The van der Waals surface area contributed by atoms with Gasteiger partial charge in [-0.05, 0) is 25.1 Å². The second-order valence-corrected chi connectivity index (χ2v) is 4.70. The third kappa shape index (κ3) is 3.00. The van der Waals surface area contributed by atoms with E-state index >= 15 is 0 Å². The minimum atomic E-state index is -1.13. The molecule has 19 heavy (non-hydrogen) atoms. The lowest BCUT2D eigenvalue weighted by molar-refractivity contribution is 0.0698. The van der Waals surface area contributed by atoms with E-state index in [1.807, 2.05) is 0 Å². The molecule has 1 aromatic heterocycles. The number of hydrogen-bond acceptors (Lipinski definition) is 4. The molecule has 0 atom stereocenters. The van der Waals surface area contributed by atoms with Crippen LogP contribution in [0, 0.1) is 6.92 Å². The molecule has 0 aliphatic carbocycles. The van der Waals surface area contributed by atoms with Crippen LogP contribution in [0.3, 0.4) is 0 Å². The molecule has 0 bridgehead atoms. The normalized spacial score (nSPS) is 10.2. The van der Waals surface area contributed by atoms with E-state index in [1.54, 1.807) is 13.0 Å². The fourth-order valence-electron chi connectivity index (χ4n) is 1.46. The van der Waals surface area contributed by atoms with Gasteiger partial charge in [-0.15, -0.1) is 0 Å². The summed E-state index contributed by atoms with van der Waals surface area (Å²) in [6, 6.07) is 6.00. The summed E-state index contributed by atoms with van der Waals surface area (Å²) in [6.45, 7) is 1.68. The number of aromatic carboxylic acids is 1. The summed E-state index contributed by atoms with van der Waals surface area (Å²) in [5.74, 6) is -1.66. The smallest absolute Gasteiger partial charge is 0.337 e. The molecule has 0 radical (unpaired) electrons. The number of nitrogens with one attached hydrogen (secondary N) is 1. The van der Waals surface area contributed by atoms with Crippen molar-refractivity contribution >= 4 is 33.5 Å². The lowest BCUT2D eigenvalue weighted by Gasteiger charge is -2.07. The summed E-state index contributed by atoms with van der Waals surface area (Å²) < 4.78 is 5.41. The molecule has 0 saturated carbocycles. The van der Waals surface area contributed by atoms with Crippen LogP contribution in [0.5, 0.6) is 0 Å². The van der Waals surface area contributed by atoms with Gasteiger partial charge in [0.05, 0.1) is 16.9 Å². The van der Waals surface area contributed by atoms with E-state index in [1.165, 1.54) is 18.2 Å². The van der Waals surface area contributed by atoms with E-state index in [-0.39, 0.29) is 17.0 Å². The van der Waals surface area contributed by atoms with Gasteiger partial charge in [-0.1, -0.05) is 21.1 Å². The van der Waals surface area contributed by atoms with Crippen LogP contribution in [0.15, 0.2) is 33.3 Å². The average Bonchev–Trinajstić information content (AvgIpc) is 2.78. The SMILES string of the molecule is Cc1cc(C(=O)Nc2ccc(Br)cc2C(=O)O)on1. The summed E-state index contributed by atoms with van der Waals surface area (Å²) in [4.78, 5) is 22.9. The number of benzene rings is 1. The number of nitrogens with zero attached hydrogens (tertiary/aromatic N) is 1. The number of carboxylic acid groups (broad SMARTS) is 1. The number of aromatic nitrogens is 1. The van der Waals surface area contributed by atoms with Crippen molar-refractivity contribution in [2.45, 2.75) is 6.92 Å². The first-order valence-corrected chi connectivity index (χ1v) is 6.04. The Morgan fingerprint density at radius 1 is 1.37 bits per heavy atom. The number of carbonyl (C=O) groups is 2. The van der Waals surface area contributed by atoms with Gasteiger partial charge in [0.1, 0.15) is 0 Å². The van der Waals surface area contributed by atoms with Gasteiger partial charge in [0.15, 0.2) is 0 Å². The van der Waals surface area contributed by atoms with Crippen molar-refractivity contribution in [2.24, 2.45) is 0 Å². The monoisotopic (exact) mass is 324 g/mol. The summed E-state index contributed by atoms with van der Waals surface area (Å²) in [6.07, 6.45) is 0. The fraction of sp³-hybridized carbons (Fsp3) is 0.0833. The van der Waals surface area contributed by atoms with E-state index in [0.29, 0.717) is 10.2 Å². The predicted octanol–water partition coefficient (Wildman–Crippen LogP) is 2.70. The zero-order chi connectivity index (χ0) is 14.0. The molecule has 1 aromatic carbocycles. The number of anilines is 1. The Labute approximate surface area is 116 Å². The lowest BCUT2D eigenvalue weighted by Crippen LogP contribution is -2.14. The lowest BCUT2D eigenvalue weighted by atomic mass is 10.2. The Bertz CT molecular complexity index is 651. The van der Waals surface area contributed by atoms with Crippen LogP contribution in [0.4, 0.5) is 5.69 Å². The van der Waals surface area contributed by atoms with Gasteiger partial charge < -0.3 is 14.9 Å². The molecule has 0 fully saturated rings. The average molecular weight is 325 g/mol. The Morgan fingerprint density at radius 2 is 2.11 bits per heavy atom. The quantitative estimate of drug-likeness (QED) is 0.905. The van der Waals surface area contributed by atoms with Crippen molar-refractivity contribution in [3.63, 3.8) is 0 Å². The van der Waals surface area contributed by atoms with Crippen LogP contribution >= 0.6 is 15.9 Å². The largest absolute Gasteiger partial charge is 0.478 e. The molecule has 1 heterocycles. The molecule has 0 spiro atoms. The Hall–Kier alpha value is -2.15. The van der Waals surface area contributed by atoms with E-state index in [0.717, 1.165) is 0 Å². The summed E-state index contributed by atoms with van der Waals surface area (Å²) in [7, 11) is 0. The molecular weight excluding hydrogens is 316 g/mol. The maximum atomic E-state index is 11.8. The van der Waals surface area contributed by atoms with Crippen molar-refractivity contribution in [3.8, 4) is 0 Å². The zero-order valence-corrected chi connectivity index (χ0v) is 11.4. The van der Waals surface area contributed by atoms with Crippen LogP contribution in [-0.4, -0.2) is 22.1 Å². The summed E-state index contributed by atoms with van der Waals surface area (Å²) >= 11 is 3.17. The van der Waals surface area contributed by atoms with Crippen LogP contribution < -0.4 is 5.32 Å². The molecule has 0 unspecified atom stereocenters. The number of rotatable bonds is 3. The third-order valence-corrected chi connectivity index (χ3v) is 2.81. The molecule has 98 valence electrons. The first-order chi connectivity index (χ1) is 8.97. The molecule has 2 rings (SSSR count). The van der Waals surface area contributed by atoms with Gasteiger partial charge in [-0.3, -0.25) is 4.79 Å². The van der Waals surface area contributed by atoms with Gasteiger partial charge in [-0.2, -0.15) is 0 Å². The maximum Gasteiger partial charge on any atom is 0.337 e. The maximum absolute atomic E-state index is 11.8.